The first-order valence-electron chi connectivity index (χ1n) is 10.5. The van der Waals surface area contributed by atoms with Gasteiger partial charge in [-0.25, -0.2) is 4.31 Å². The summed E-state index contributed by atoms with van der Waals surface area (Å²) in [6.07, 6.45) is 11.1. The van der Waals surface area contributed by atoms with Crippen LogP contribution < -0.4 is 0 Å². The Kier molecular flexibility index (Phi) is 7.19. The lowest BCUT2D eigenvalue weighted by molar-refractivity contribution is -0.137. The number of rotatable bonds is 7. The van der Waals surface area contributed by atoms with Gasteiger partial charge in [0.1, 0.15) is 6.54 Å². The van der Waals surface area contributed by atoms with Gasteiger partial charge in [0, 0.05) is 34.6 Å². The molecule has 30 heavy (non-hydrogen) atoms. The number of halogens is 1. The molecule has 0 spiro atoms. The molecule has 0 atom stereocenters. The van der Waals surface area contributed by atoms with Crippen LogP contribution in [0.1, 0.15) is 44.1 Å². The average Bonchev–Trinajstić information content (AvgIpc) is 3.07. The molecule has 0 saturated carbocycles. The molecule has 1 aromatic carbocycles. The molecule has 0 radical (unpaired) electrons. The lowest BCUT2D eigenvalue weighted by Crippen LogP contribution is -2.27. The van der Waals surface area contributed by atoms with E-state index in [9.17, 15) is 9.90 Å². The summed E-state index contributed by atoms with van der Waals surface area (Å²) in [6, 6.07) is 5.82. The van der Waals surface area contributed by atoms with E-state index in [1.54, 1.807) is 0 Å². The fourth-order valence-electron chi connectivity index (χ4n) is 4.30. The number of carboxylic acids is 1. The number of fused-ring (bicyclic) bond motifs is 1. The van der Waals surface area contributed by atoms with E-state index in [1.165, 1.54) is 21.8 Å². The summed E-state index contributed by atoms with van der Waals surface area (Å²) in [4.78, 5) is 14.3. The van der Waals surface area contributed by atoms with Crippen molar-refractivity contribution < 1.29 is 9.90 Å². The average molecular weight is 463 g/mol. The van der Waals surface area contributed by atoms with Gasteiger partial charge in [-0.1, -0.05) is 36.7 Å². The third-order valence-corrected chi connectivity index (χ3v) is 8.16. The summed E-state index contributed by atoms with van der Waals surface area (Å²) >= 11 is 10.1. The molecule has 0 amide bonds. The quantitative estimate of drug-likeness (QED) is 0.474. The highest BCUT2D eigenvalue weighted by Crippen LogP contribution is 2.39. The second-order valence-electron chi connectivity index (χ2n) is 7.76. The van der Waals surface area contributed by atoms with E-state index < -0.39 is 5.97 Å². The Morgan fingerprint density at radius 3 is 2.60 bits per heavy atom. The first kappa shape index (κ1) is 21.9. The normalized spacial score (nSPS) is 18.5. The fourth-order valence-corrected chi connectivity index (χ4v) is 6.30. The monoisotopic (exact) mass is 462 g/mol. The Hall–Kier alpha value is -1.34. The van der Waals surface area contributed by atoms with E-state index in [0.717, 1.165) is 49.0 Å². The van der Waals surface area contributed by atoms with Gasteiger partial charge in [0.15, 0.2) is 0 Å². The topological polar surface area (TPSA) is 45.5 Å². The number of aliphatic carboxylic acids is 1. The molecule has 1 aromatic heterocycles. The number of hydrogen-bond donors (Lipinski definition) is 1. The van der Waals surface area contributed by atoms with Gasteiger partial charge in [-0.15, -0.1) is 11.8 Å². The molecular weight excluding hydrogens is 436 g/mol. The van der Waals surface area contributed by atoms with E-state index in [4.69, 9.17) is 11.6 Å². The van der Waals surface area contributed by atoms with Crippen molar-refractivity contribution in [2.75, 3.05) is 18.8 Å². The second-order valence-corrected chi connectivity index (χ2v) is 10.8. The van der Waals surface area contributed by atoms with E-state index in [1.807, 2.05) is 52.7 Å². The third kappa shape index (κ3) is 5.10. The van der Waals surface area contributed by atoms with Gasteiger partial charge in [0.25, 0.3) is 0 Å². The molecule has 0 unspecified atom stereocenters. The molecule has 1 fully saturated rings. The summed E-state index contributed by atoms with van der Waals surface area (Å²) in [5.41, 5.74) is 2.17. The summed E-state index contributed by atoms with van der Waals surface area (Å²) in [5.74, 6) is 0.762. The van der Waals surface area contributed by atoms with Crippen molar-refractivity contribution in [3.8, 4) is 0 Å². The number of thioether (sulfide) groups is 1. The lowest BCUT2D eigenvalue weighted by atomic mass is 9.90. The minimum absolute atomic E-state index is 0.0362. The van der Waals surface area contributed by atoms with Gasteiger partial charge in [-0.05, 0) is 71.9 Å². The van der Waals surface area contributed by atoms with Crippen LogP contribution >= 0.6 is 35.3 Å². The maximum atomic E-state index is 11.3. The van der Waals surface area contributed by atoms with E-state index in [2.05, 4.69) is 23.4 Å². The van der Waals surface area contributed by atoms with E-state index in [0.29, 0.717) is 10.9 Å². The van der Waals surface area contributed by atoms with Crippen molar-refractivity contribution >= 4 is 52.2 Å². The maximum Gasteiger partial charge on any atom is 0.323 e. The summed E-state index contributed by atoms with van der Waals surface area (Å²) in [7, 11) is 0. The Morgan fingerprint density at radius 2 is 1.93 bits per heavy atom. The van der Waals surface area contributed by atoms with Crippen molar-refractivity contribution in [2.24, 2.45) is 0 Å². The van der Waals surface area contributed by atoms with Crippen molar-refractivity contribution in [1.29, 1.82) is 0 Å². The van der Waals surface area contributed by atoms with Crippen molar-refractivity contribution in [3.63, 3.8) is 0 Å². The number of carboxylic acid groups (broad SMARTS) is 1. The standard InChI is InChI=1S/C23H27ClN2O2S2/c1-2-29-18-4-6-19(7-5-18)30-26-11-9-16(10-12-26)21-14-25(15-23(27)28)22-13-17(24)3-8-20(21)22/h3-4,6,8,13-14,16H,2,5,7,9-12,15H2,1H3,(H,27,28). The molecule has 4 nitrogen and oxygen atoms in total. The molecule has 2 aromatic rings. The number of nitrogens with zero attached hydrogens (tertiary/aromatic N) is 2. The highest BCUT2D eigenvalue weighted by molar-refractivity contribution is 8.03. The van der Waals surface area contributed by atoms with Crippen LogP contribution in [0.3, 0.4) is 0 Å². The molecule has 0 bridgehead atoms. The molecular formula is C23H27ClN2O2S2. The van der Waals surface area contributed by atoms with Gasteiger partial charge < -0.3 is 9.67 Å². The number of hydrogen-bond acceptors (Lipinski definition) is 4. The molecule has 4 rings (SSSR count). The third-order valence-electron chi connectivity index (χ3n) is 5.72. The van der Waals surface area contributed by atoms with Crippen LogP contribution in [-0.4, -0.2) is 38.8 Å². The number of piperidine rings is 1. The molecule has 160 valence electrons. The maximum absolute atomic E-state index is 11.3. The van der Waals surface area contributed by atoms with Crippen molar-refractivity contribution in [2.45, 2.75) is 45.1 Å². The van der Waals surface area contributed by atoms with Crippen LogP contribution in [0.15, 0.2) is 46.4 Å². The largest absolute Gasteiger partial charge is 0.480 e. The van der Waals surface area contributed by atoms with Crippen LogP contribution in [0, 0.1) is 0 Å². The smallest absolute Gasteiger partial charge is 0.323 e. The minimum atomic E-state index is -0.833. The molecule has 1 saturated heterocycles. The summed E-state index contributed by atoms with van der Waals surface area (Å²) < 4.78 is 4.31. The van der Waals surface area contributed by atoms with Crippen molar-refractivity contribution in [3.05, 3.63) is 56.9 Å². The fraction of sp³-hybridized carbons (Fsp3) is 0.435. The summed E-state index contributed by atoms with van der Waals surface area (Å²) in [5, 5.41) is 11.0. The first-order chi connectivity index (χ1) is 14.5. The lowest BCUT2D eigenvalue weighted by Gasteiger charge is -2.32. The van der Waals surface area contributed by atoms with Crippen molar-refractivity contribution in [1.82, 2.24) is 8.87 Å². The van der Waals surface area contributed by atoms with E-state index >= 15 is 0 Å². The van der Waals surface area contributed by atoms with Crippen LogP contribution in [-0.2, 0) is 11.3 Å². The zero-order chi connectivity index (χ0) is 21.1. The SMILES string of the molecule is CCSC1=CC=C(SN2CCC(c3cn(CC(=O)O)c4cc(Cl)ccc34)CC2)CC1. The van der Waals surface area contributed by atoms with Gasteiger partial charge in [-0.3, -0.25) is 4.79 Å². The number of aromatic nitrogens is 1. The molecule has 2 aliphatic rings. The zero-order valence-corrected chi connectivity index (χ0v) is 19.5. The van der Waals surface area contributed by atoms with E-state index in [-0.39, 0.29) is 6.54 Å². The van der Waals surface area contributed by atoms with Gasteiger partial charge in [-0.2, -0.15) is 0 Å². The van der Waals surface area contributed by atoms with Gasteiger partial charge in [0.05, 0.1) is 5.52 Å². The first-order valence-corrected chi connectivity index (χ1v) is 12.6. The molecule has 1 aliphatic carbocycles. The number of carbonyl (C=O) groups is 1. The van der Waals surface area contributed by atoms with Gasteiger partial charge in [0.2, 0.25) is 0 Å². The predicted molar refractivity (Wildman–Crippen MR) is 129 cm³/mol. The number of benzene rings is 1. The highest BCUT2D eigenvalue weighted by Gasteiger charge is 2.25. The highest BCUT2D eigenvalue weighted by atomic mass is 35.5. The Labute approximate surface area is 191 Å². The predicted octanol–water partition coefficient (Wildman–Crippen LogP) is 6.52. The van der Waals surface area contributed by atoms with Crippen LogP contribution in [0.4, 0.5) is 0 Å². The molecule has 2 heterocycles. The molecule has 7 heteroatoms. The van der Waals surface area contributed by atoms with Gasteiger partial charge >= 0.3 is 5.97 Å². The zero-order valence-electron chi connectivity index (χ0n) is 17.1. The Balaban J connectivity index is 1.43. The Bertz CT molecular complexity index is 990. The minimum Gasteiger partial charge on any atom is -0.480 e. The van der Waals surface area contributed by atoms with Crippen LogP contribution in [0.2, 0.25) is 5.02 Å². The molecule has 1 N–H and O–H groups in total. The van der Waals surface area contributed by atoms with Crippen LogP contribution in [0.5, 0.6) is 0 Å². The Morgan fingerprint density at radius 1 is 1.20 bits per heavy atom. The summed E-state index contributed by atoms with van der Waals surface area (Å²) in [6.45, 7) is 4.27. The molecule has 1 aliphatic heterocycles. The van der Waals surface area contributed by atoms with Crippen LogP contribution in [0.25, 0.3) is 10.9 Å². The second kappa shape index (κ2) is 9.86. The number of allylic oxidation sites excluding steroid dienone is 4.